The second kappa shape index (κ2) is 8.82. The molecule has 3 N–H and O–H groups in total. The zero-order valence-electron chi connectivity index (χ0n) is 15.3. The van der Waals surface area contributed by atoms with Gasteiger partial charge in [0.15, 0.2) is 0 Å². The van der Waals surface area contributed by atoms with Crippen LogP contribution >= 0.6 is 0 Å². The van der Waals surface area contributed by atoms with Gasteiger partial charge in [0.2, 0.25) is 0 Å². The Kier molecular flexibility index (Phi) is 6.76. The summed E-state index contributed by atoms with van der Waals surface area (Å²) in [4.78, 5) is 12.2. The zero-order valence-corrected chi connectivity index (χ0v) is 16.1. The zero-order chi connectivity index (χ0) is 19.2. The summed E-state index contributed by atoms with van der Waals surface area (Å²) in [5.41, 5.74) is 2.85. The quantitative estimate of drug-likeness (QED) is 0.619. The molecule has 0 aliphatic heterocycles. The van der Waals surface area contributed by atoms with Gasteiger partial charge in [-0.1, -0.05) is 6.07 Å². The molecular formula is C19H25N3O3S. The lowest BCUT2D eigenvalue weighted by molar-refractivity contribution is 0.0953. The van der Waals surface area contributed by atoms with Crippen molar-refractivity contribution in [3.8, 4) is 0 Å². The molecule has 2 aromatic carbocycles. The maximum Gasteiger partial charge on any atom is 0.261 e. The SMILES string of the molecule is CNCCCNC(=O)c1ccc(NS(=O)(=O)c2ccc(C)c(C)c2)cc1. The Bertz CT molecular complexity index is 862. The second-order valence-corrected chi connectivity index (χ2v) is 7.82. The highest BCUT2D eigenvalue weighted by molar-refractivity contribution is 7.92. The monoisotopic (exact) mass is 375 g/mol. The van der Waals surface area contributed by atoms with Crippen molar-refractivity contribution < 1.29 is 13.2 Å². The van der Waals surface area contributed by atoms with E-state index in [1.54, 1.807) is 42.5 Å². The fourth-order valence-electron chi connectivity index (χ4n) is 2.35. The lowest BCUT2D eigenvalue weighted by atomic mass is 10.1. The molecule has 0 saturated carbocycles. The maximum atomic E-state index is 12.5. The number of rotatable bonds is 8. The standard InChI is InChI=1S/C19H25N3O3S/c1-14-5-10-18(13-15(14)2)26(24,25)22-17-8-6-16(7-9-17)19(23)21-12-4-11-20-3/h5-10,13,20,22H,4,11-12H2,1-3H3,(H,21,23). The van der Waals surface area contributed by atoms with Crippen LogP contribution in [0.2, 0.25) is 0 Å². The molecule has 0 spiro atoms. The number of aryl methyl sites for hydroxylation is 2. The Hall–Kier alpha value is -2.38. The Morgan fingerprint density at radius 3 is 2.27 bits per heavy atom. The van der Waals surface area contributed by atoms with Crippen LogP contribution in [0.4, 0.5) is 5.69 Å². The van der Waals surface area contributed by atoms with Crippen molar-refractivity contribution in [3.05, 3.63) is 59.2 Å². The molecule has 0 unspecified atom stereocenters. The molecule has 0 radical (unpaired) electrons. The third kappa shape index (κ3) is 5.31. The van der Waals surface area contributed by atoms with Gasteiger partial charge in [-0.25, -0.2) is 8.42 Å². The van der Waals surface area contributed by atoms with Crippen LogP contribution in [-0.2, 0) is 10.0 Å². The summed E-state index contributed by atoms with van der Waals surface area (Å²) < 4.78 is 27.5. The number of anilines is 1. The molecule has 1 amide bonds. The second-order valence-electron chi connectivity index (χ2n) is 6.14. The number of hydrogen-bond donors (Lipinski definition) is 3. The maximum absolute atomic E-state index is 12.5. The molecule has 0 aromatic heterocycles. The topological polar surface area (TPSA) is 87.3 Å². The van der Waals surface area contributed by atoms with Crippen molar-refractivity contribution in [2.45, 2.75) is 25.2 Å². The van der Waals surface area contributed by atoms with E-state index in [9.17, 15) is 13.2 Å². The highest BCUT2D eigenvalue weighted by atomic mass is 32.2. The molecule has 0 saturated heterocycles. The molecule has 0 fully saturated rings. The van der Waals surface area contributed by atoms with Gasteiger partial charge < -0.3 is 10.6 Å². The predicted molar refractivity (Wildman–Crippen MR) is 104 cm³/mol. The number of sulfonamides is 1. The van der Waals surface area contributed by atoms with E-state index in [2.05, 4.69) is 15.4 Å². The first-order valence-corrected chi connectivity index (χ1v) is 9.95. The van der Waals surface area contributed by atoms with Crippen molar-refractivity contribution in [1.82, 2.24) is 10.6 Å². The highest BCUT2D eigenvalue weighted by Gasteiger charge is 2.15. The minimum absolute atomic E-state index is 0.176. The fourth-order valence-corrected chi connectivity index (χ4v) is 3.50. The highest BCUT2D eigenvalue weighted by Crippen LogP contribution is 2.19. The summed E-state index contributed by atoms with van der Waals surface area (Å²) in [5.74, 6) is -0.176. The Morgan fingerprint density at radius 1 is 0.962 bits per heavy atom. The largest absolute Gasteiger partial charge is 0.352 e. The van der Waals surface area contributed by atoms with E-state index < -0.39 is 10.0 Å². The van der Waals surface area contributed by atoms with Crippen LogP contribution in [0.3, 0.4) is 0 Å². The summed E-state index contributed by atoms with van der Waals surface area (Å²) in [7, 11) is -1.80. The summed E-state index contributed by atoms with van der Waals surface area (Å²) in [6.45, 7) is 5.22. The molecule has 0 atom stereocenters. The summed E-state index contributed by atoms with van der Waals surface area (Å²) in [5, 5.41) is 5.84. The molecule has 2 aromatic rings. The number of carbonyl (C=O) groups excluding carboxylic acids is 1. The van der Waals surface area contributed by atoms with Crippen molar-refractivity contribution in [2.75, 3.05) is 24.9 Å². The third-order valence-electron chi connectivity index (χ3n) is 4.08. The van der Waals surface area contributed by atoms with E-state index in [1.165, 1.54) is 0 Å². The first-order valence-electron chi connectivity index (χ1n) is 8.46. The molecule has 6 nitrogen and oxygen atoms in total. The van der Waals surface area contributed by atoms with Gasteiger partial charge in [0.05, 0.1) is 4.90 Å². The van der Waals surface area contributed by atoms with Crippen molar-refractivity contribution in [2.24, 2.45) is 0 Å². The predicted octanol–water partition coefficient (Wildman–Crippen LogP) is 2.44. The number of amides is 1. The minimum Gasteiger partial charge on any atom is -0.352 e. The van der Waals surface area contributed by atoms with Gasteiger partial charge in [0.25, 0.3) is 15.9 Å². The van der Waals surface area contributed by atoms with Crippen LogP contribution in [0.25, 0.3) is 0 Å². The molecule has 26 heavy (non-hydrogen) atoms. The Morgan fingerprint density at radius 2 is 1.65 bits per heavy atom. The molecule has 2 rings (SSSR count). The average Bonchev–Trinajstić information content (AvgIpc) is 2.61. The smallest absolute Gasteiger partial charge is 0.261 e. The summed E-state index contributed by atoms with van der Waals surface area (Å²) >= 11 is 0. The van der Waals surface area contributed by atoms with Crippen LogP contribution in [0.1, 0.15) is 27.9 Å². The van der Waals surface area contributed by atoms with E-state index in [0.29, 0.717) is 17.8 Å². The van der Waals surface area contributed by atoms with Gasteiger partial charge in [-0.15, -0.1) is 0 Å². The minimum atomic E-state index is -3.66. The molecule has 140 valence electrons. The molecule has 0 heterocycles. The van der Waals surface area contributed by atoms with Crippen LogP contribution in [0.15, 0.2) is 47.4 Å². The van der Waals surface area contributed by atoms with Crippen LogP contribution in [0, 0.1) is 13.8 Å². The molecular weight excluding hydrogens is 350 g/mol. The third-order valence-corrected chi connectivity index (χ3v) is 5.46. The summed E-state index contributed by atoms with van der Waals surface area (Å²) in [6.07, 6.45) is 0.843. The van der Waals surface area contributed by atoms with Crippen LogP contribution in [0.5, 0.6) is 0 Å². The average molecular weight is 375 g/mol. The lowest BCUT2D eigenvalue weighted by Gasteiger charge is -2.10. The normalized spacial score (nSPS) is 11.2. The number of carbonyl (C=O) groups is 1. The first-order chi connectivity index (χ1) is 12.3. The summed E-state index contributed by atoms with van der Waals surface area (Å²) in [6, 6.07) is 11.4. The first kappa shape index (κ1) is 19.9. The van der Waals surface area contributed by atoms with Gasteiger partial charge >= 0.3 is 0 Å². The van der Waals surface area contributed by atoms with Crippen LogP contribution in [-0.4, -0.2) is 34.5 Å². The van der Waals surface area contributed by atoms with Gasteiger partial charge in [-0.05, 0) is 81.4 Å². The van der Waals surface area contributed by atoms with Gasteiger partial charge in [0.1, 0.15) is 0 Å². The van der Waals surface area contributed by atoms with Crippen molar-refractivity contribution >= 4 is 21.6 Å². The van der Waals surface area contributed by atoms with Gasteiger partial charge in [0, 0.05) is 17.8 Å². The lowest BCUT2D eigenvalue weighted by Crippen LogP contribution is -2.26. The Labute approximate surface area is 155 Å². The fraction of sp³-hybridized carbons (Fsp3) is 0.316. The van der Waals surface area contributed by atoms with Gasteiger partial charge in [-0.2, -0.15) is 0 Å². The van der Waals surface area contributed by atoms with Crippen molar-refractivity contribution in [1.29, 1.82) is 0 Å². The molecule has 0 aliphatic carbocycles. The van der Waals surface area contributed by atoms with Crippen LogP contribution < -0.4 is 15.4 Å². The van der Waals surface area contributed by atoms with E-state index >= 15 is 0 Å². The van der Waals surface area contributed by atoms with E-state index in [0.717, 1.165) is 24.1 Å². The van der Waals surface area contributed by atoms with Crippen molar-refractivity contribution in [3.63, 3.8) is 0 Å². The van der Waals surface area contributed by atoms with E-state index in [1.807, 2.05) is 20.9 Å². The van der Waals surface area contributed by atoms with Gasteiger partial charge in [-0.3, -0.25) is 9.52 Å². The van der Waals surface area contributed by atoms with E-state index in [-0.39, 0.29) is 10.8 Å². The van der Waals surface area contributed by atoms with E-state index in [4.69, 9.17) is 0 Å². The molecule has 0 aliphatic rings. The number of hydrogen-bond acceptors (Lipinski definition) is 4. The molecule has 7 heteroatoms. The number of nitrogens with one attached hydrogen (secondary N) is 3. The molecule has 0 bridgehead atoms. The number of benzene rings is 2. The Balaban J connectivity index is 2.03.